The highest BCUT2D eigenvalue weighted by molar-refractivity contribution is 7.90. The van der Waals surface area contributed by atoms with Gasteiger partial charge in [-0.3, -0.25) is 0 Å². The Morgan fingerprint density at radius 1 is 1.39 bits per heavy atom. The minimum atomic E-state index is -3.04. The first-order chi connectivity index (χ1) is 8.35. The standard InChI is InChI=1S/C12H19FN2O2S/c1-14-9-10-5-4-6-11(13)12(10)15(2)7-8-18(3,16)17/h4-6,14H,7-9H2,1-3H3. The number of benzene rings is 1. The van der Waals surface area contributed by atoms with Crippen LogP contribution in [-0.4, -0.2) is 41.1 Å². The summed E-state index contributed by atoms with van der Waals surface area (Å²) in [5.74, 6) is -0.324. The number of hydrogen-bond acceptors (Lipinski definition) is 4. The van der Waals surface area contributed by atoms with Crippen LogP contribution in [0.4, 0.5) is 10.1 Å². The van der Waals surface area contributed by atoms with Crippen molar-refractivity contribution in [2.24, 2.45) is 0 Å². The van der Waals surface area contributed by atoms with Gasteiger partial charge >= 0.3 is 0 Å². The van der Waals surface area contributed by atoms with E-state index in [4.69, 9.17) is 0 Å². The van der Waals surface area contributed by atoms with Crippen LogP contribution in [0.1, 0.15) is 5.56 Å². The SMILES string of the molecule is CNCc1cccc(F)c1N(C)CCS(C)(=O)=O. The molecule has 1 rings (SSSR count). The monoisotopic (exact) mass is 274 g/mol. The smallest absolute Gasteiger partial charge is 0.149 e. The number of anilines is 1. The molecule has 0 saturated carbocycles. The van der Waals surface area contributed by atoms with Crippen molar-refractivity contribution in [2.45, 2.75) is 6.54 Å². The summed E-state index contributed by atoms with van der Waals surface area (Å²) < 4.78 is 36.1. The molecule has 0 amide bonds. The summed E-state index contributed by atoms with van der Waals surface area (Å²) >= 11 is 0. The second-order valence-electron chi connectivity index (χ2n) is 4.33. The summed E-state index contributed by atoms with van der Waals surface area (Å²) in [6.45, 7) is 0.812. The molecule has 0 aliphatic heterocycles. The van der Waals surface area contributed by atoms with Gasteiger partial charge in [0.15, 0.2) is 0 Å². The maximum absolute atomic E-state index is 13.8. The second kappa shape index (κ2) is 6.15. The van der Waals surface area contributed by atoms with E-state index < -0.39 is 9.84 Å². The third kappa shape index (κ3) is 4.27. The summed E-state index contributed by atoms with van der Waals surface area (Å²) in [4.78, 5) is 1.64. The molecule has 18 heavy (non-hydrogen) atoms. The molecule has 0 bridgehead atoms. The van der Waals surface area contributed by atoms with Crippen LogP contribution < -0.4 is 10.2 Å². The molecule has 4 nitrogen and oxygen atoms in total. The van der Waals surface area contributed by atoms with E-state index in [0.717, 1.165) is 5.56 Å². The Kier molecular flexibility index (Phi) is 5.10. The van der Waals surface area contributed by atoms with Gasteiger partial charge in [-0.25, -0.2) is 12.8 Å². The Morgan fingerprint density at radius 3 is 2.61 bits per heavy atom. The lowest BCUT2D eigenvalue weighted by molar-refractivity contribution is 0.598. The van der Waals surface area contributed by atoms with Crippen LogP contribution in [0.25, 0.3) is 0 Å². The molecule has 1 aromatic rings. The maximum Gasteiger partial charge on any atom is 0.149 e. The predicted octanol–water partition coefficient (Wildman–Crippen LogP) is 1.03. The molecule has 1 aromatic carbocycles. The zero-order chi connectivity index (χ0) is 13.8. The first-order valence-corrected chi connectivity index (χ1v) is 7.72. The van der Waals surface area contributed by atoms with Crippen LogP contribution in [0.5, 0.6) is 0 Å². The molecule has 0 aliphatic carbocycles. The number of nitrogens with zero attached hydrogens (tertiary/aromatic N) is 1. The van der Waals surface area contributed by atoms with Crippen LogP contribution >= 0.6 is 0 Å². The maximum atomic E-state index is 13.8. The topological polar surface area (TPSA) is 49.4 Å². The van der Waals surface area contributed by atoms with Crippen LogP contribution in [0.15, 0.2) is 18.2 Å². The summed E-state index contributed by atoms with van der Waals surface area (Å²) in [6, 6.07) is 4.85. The van der Waals surface area contributed by atoms with Crippen molar-refractivity contribution in [3.05, 3.63) is 29.6 Å². The highest BCUT2D eigenvalue weighted by Gasteiger charge is 2.14. The van der Waals surface area contributed by atoms with Crippen molar-refractivity contribution in [3.8, 4) is 0 Å². The van der Waals surface area contributed by atoms with E-state index >= 15 is 0 Å². The van der Waals surface area contributed by atoms with Gasteiger partial charge < -0.3 is 10.2 Å². The normalized spacial score (nSPS) is 11.6. The molecule has 0 aromatic heterocycles. The van der Waals surface area contributed by atoms with Gasteiger partial charge in [0.2, 0.25) is 0 Å². The van der Waals surface area contributed by atoms with Gasteiger partial charge in [-0.15, -0.1) is 0 Å². The lowest BCUT2D eigenvalue weighted by atomic mass is 10.1. The van der Waals surface area contributed by atoms with Crippen molar-refractivity contribution < 1.29 is 12.8 Å². The van der Waals surface area contributed by atoms with Crippen molar-refractivity contribution in [1.82, 2.24) is 5.32 Å². The molecule has 0 atom stereocenters. The van der Waals surface area contributed by atoms with Gasteiger partial charge in [-0.2, -0.15) is 0 Å². The van der Waals surface area contributed by atoms with E-state index in [1.165, 1.54) is 12.3 Å². The summed E-state index contributed by atoms with van der Waals surface area (Å²) in [7, 11) is 0.435. The van der Waals surface area contributed by atoms with Crippen molar-refractivity contribution in [3.63, 3.8) is 0 Å². The molecule has 6 heteroatoms. The zero-order valence-electron chi connectivity index (χ0n) is 10.9. The third-order valence-corrected chi connectivity index (χ3v) is 3.54. The summed E-state index contributed by atoms with van der Waals surface area (Å²) in [5, 5.41) is 2.97. The fourth-order valence-corrected chi connectivity index (χ4v) is 2.34. The molecule has 0 saturated heterocycles. The molecule has 0 aliphatic rings. The van der Waals surface area contributed by atoms with E-state index in [0.29, 0.717) is 12.2 Å². The zero-order valence-corrected chi connectivity index (χ0v) is 11.7. The van der Waals surface area contributed by atoms with Crippen molar-refractivity contribution in [1.29, 1.82) is 0 Å². The first-order valence-electron chi connectivity index (χ1n) is 5.66. The van der Waals surface area contributed by atoms with Crippen LogP contribution in [0, 0.1) is 5.82 Å². The Balaban J connectivity index is 2.93. The van der Waals surface area contributed by atoms with E-state index in [-0.39, 0.29) is 18.1 Å². The molecule has 0 unspecified atom stereocenters. The van der Waals surface area contributed by atoms with Gasteiger partial charge in [0.05, 0.1) is 11.4 Å². The van der Waals surface area contributed by atoms with Gasteiger partial charge in [0.1, 0.15) is 15.7 Å². The Hall–Kier alpha value is -1.14. The highest BCUT2D eigenvalue weighted by atomic mass is 32.2. The molecular formula is C12H19FN2O2S. The first kappa shape index (κ1) is 14.9. The van der Waals surface area contributed by atoms with Crippen LogP contribution in [0.3, 0.4) is 0 Å². The number of hydrogen-bond donors (Lipinski definition) is 1. The Bertz CT molecular complexity index is 503. The third-order valence-electron chi connectivity index (χ3n) is 2.62. The fraction of sp³-hybridized carbons (Fsp3) is 0.500. The quantitative estimate of drug-likeness (QED) is 0.841. The van der Waals surface area contributed by atoms with Crippen molar-refractivity contribution >= 4 is 15.5 Å². The lowest BCUT2D eigenvalue weighted by Crippen LogP contribution is -2.27. The molecule has 0 fully saturated rings. The largest absolute Gasteiger partial charge is 0.371 e. The summed E-state index contributed by atoms with van der Waals surface area (Å²) in [5.41, 5.74) is 1.27. The van der Waals surface area contributed by atoms with Crippen LogP contribution in [-0.2, 0) is 16.4 Å². The van der Waals surface area contributed by atoms with Crippen molar-refractivity contribution in [2.75, 3.05) is 37.5 Å². The van der Waals surface area contributed by atoms with Gasteiger partial charge in [0, 0.05) is 26.4 Å². The summed E-state index contributed by atoms with van der Waals surface area (Å²) in [6.07, 6.45) is 1.18. The molecule has 1 N–H and O–H groups in total. The predicted molar refractivity (Wildman–Crippen MR) is 72.1 cm³/mol. The molecule has 102 valence electrons. The highest BCUT2D eigenvalue weighted by Crippen LogP contribution is 2.23. The van der Waals surface area contributed by atoms with Gasteiger partial charge in [-0.1, -0.05) is 12.1 Å². The Morgan fingerprint density at radius 2 is 2.06 bits per heavy atom. The number of para-hydroxylation sites is 1. The van der Waals surface area contributed by atoms with E-state index in [9.17, 15) is 12.8 Å². The van der Waals surface area contributed by atoms with Crippen LogP contribution in [0.2, 0.25) is 0 Å². The number of nitrogens with one attached hydrogen (secondary N) is 1. The molecule has 0 heterocycles. The Labute approximate surface area is 108 Å². The van der Waals surface area contributed by atoms with Gasteiger partial charge in [-0.05, 0) is 18.7 Å². The van der Waals surface area contributed by atoms with E-state index in [1.54, 1.807) is 25.1 Å². The van der Waals surface area contributed by atoms with E-state index in [2.05, 4.69) is 5.32 Å². The number of halogens is 1. The molecular weight excluding hydrogens is 255 g/mol. The molecule has 0 spiro atoms. The number of rotatable bonds is 6. The van der Waals surface area contributed by atoms with Gasteiger partial charge in [0.25, 0.3) is 0 Å². The minimum absolute atomic E-state index is 0.0107. The average Bonchev–Trinajstić information content (AvgIpc) is 2.26. The minimum Gasteiger partial charge on any atom is -0.371 e. The lowest BCUT2D eigenvalue weighted by Gasteiger charge is -2.22. The fourth-order valence-electron chi connectivity index (χ4n) is 1.74. The molecule has 0 radical (unpaired) electrons. The number of sulfone groups is 1. The second-order valence-corrected chi connectivity index (χ2v) is 6.59. The average molecular weight is 274 g/mol. The van der Waals surface area contributed by atoms with E-state index in [1.807, 2.05) is 6.07 Å².